The van der Waals surface area contributed by atoms with Crippen LogP contribution in [0.4, 0.5) is 0 Å². The number of benzene rings is 1. The summed E-state index contributed by atoms with van der Waals surface area (Å²) < 4.78 is 29.0. The highest BCUT2D eigenvalue weighted by Crippen LogP contribution is 2.24. The number of hydrogen-bond donors (Lipinski definition) is 0. The van der Waals surface area contributed by atoms with Gasteiger partial charge in [-0.1, -0.05) is 6.92 Å². The van der Waals surface area contributed by atoms with Crippen LogP contribution in [0.1, 0.15) is 38.1 Å². The molecule has 4 nitrogen and oxygen atoms in total. The standard InChI is InChI=1S/C13H18O4S/c1-5-18(15,16)11-6-7-13(17-9(2)3)12(8-11)10(4)14/h6-9H,5H2,1-4H3. The summed E-state index contributed by atoms with van der Waals surface area (Å²) in [5, 5.41) is 0. The Hall–Kier alpha value is -1.36. The van der Waals surface area contributed by atoms with Crippen LogP contribution >= 0.6 is 0 Å². The van der Waals surface area contributed by atoms with Gasteiger partial charge >= 0.3 is 0 Å². The molecule has 0 unspecified atom stereocenters. The first kappa shape index (κ1) is 14.7. The first-order chi connectivity index (χ1) is 8.27. The van der Waals surface area contributed by atoms with Crippen LogP contribution in [-0.4, -0.2) is 26.1 Å². The third-order valence-corrected chi connectivity index (χ3v) is 4.16. The van der Waals surface area contributed by atoms with Crippen molar-refractivity contribution in [2.45, 2.75) is 38.7 Å². The summed E-state index contributed by atoms with van der Waals surface area (Å²) >= 11 is 0. The molecule has 0 saturated heterocycles. The summed E-state index contributed by atoms with van der Waals surface area (Å²) in [6.07, 6.45) is -0.0725. The molecule has 1 rings (SSSR count). The van der Waals surface area contributed by atoms with Gasteiger partial charge < -0.3 is 4.74 Å². The van der Waals surface area contributed by atoms with Crippen molar-refractivity contribution < 1.29 is 17.9 Å². The van der Waals surface area contributed by atoms with E-state index in [1.54, 1.807) is 13.0 Å². The topological polar surface area (TPSA) is 60.4 Å². The number of hydrogen-bond acceptors (Lipinski definition) is 4. The number of carbonyl (C=O) groups is 1. The largest absolute Gasteiger partial charge is 0.490 e. The van der Waals surface area contributed by atoms with Gasteiger partial charge in [-0.3, -0.25) is 4.79 Å². The average Bonchev–Trinajstić information content (AvgIpc) is 2.28. The Bertz CT molecular complexity index is 544. The SMILES string of the molecule is CCS(=O)(=O)c1ccc(OC(C)C)c(C(C)=O)c1. The van der Waals surface area contributed by atoms with E-state index in [0.29, 0.717) is 11.3 Å². The van der Waals surface area contributed by atoms with Gasteiger partial charge in [0.1, 0.15) is 5.75 Å². The molecule has 0 aliphatic heterocycles. The average molecular weight is 270 g/mol. The quantitative estimate of drug-likeness (QED) is 0.771. The number of carbonyl (C=O) groups excluding carboxylic acids is 1. The van der Waals surface area contributed by atoms with Crippen LogP contribution < -0.4 is 4.74 Å². The van der Waals surface area contributed by atoms with Gasteiger partial charge in [0.25, 0.3) is 0 Å². The Morgan fingerprint density at radius 1 is 1.33 bits per heavy atom. The van der Waals surface area contributed by atoms with E-state index in [-0.39, 0.29) is 22.5 Å². The predicted molar refractivity (Wildman–Crippen MR) is 69.9 cm³/mol. The van der Waals surface area contributed by atoms with Crippen LogP contribution in [0.3, 0.4) is 0 Å². The van der Waals surface area contributed by atoms with Gasteiger partial charge in [-0.2, -0.15) is 0 Å². The molecule has 18 heavy (non-hydrogen) atoms. The summed E-state index contributed by atoms with van der Waals surface area (Å²) in [5.74, 6) is 0.223. The summed E-state index contributed by atoms with van der Waals surface area (Å²) in [7, 11) is -3.31. The number of ether oxygens (including phenoxy) is 1. The van der Waals surface area contributed by atoms with E-state index >= 15 is 0 Å². The fraction of sp³-hybridized carbons (Fsp3) is 0.462. The van der Waals surface area contributed by atoms with Gasteiger partial charge in [-0.25, -0.2) is 8.42 Å². The molecule has 1 aromatic carbocycles. The molecule has 0 bridgehead atoms. The molecule has 0 aliphatic carbocycles. The predicted octanol–water partition coefficient (Wildman–Crippen LogP) is 2.47. The lowest BCUT2D eigenvalue weighted by molar-refractivity contribution is 0.101. The minimum atomic E-state index is -3.31. The Labute approximate surface area is 108 Å². The fourth-order valence-electron chi connectivity index (χ4n) is 1.50. The Morgan fingerprint density at radius 3 is 2.39 bits per heavy atom. The molecule has 1 aromatic rings. The van der Waals surface area contributed by atoms with Crippen LogP contribution in [-0.2, 0) is 9.84 Å². The van der Waals surface area contributed by atoms with Crippen molar-refractivity contribution in [3.05, 3.63) is 23.8 Å². The number of sulfone groups is 1. The molecule has 0 atom stereocenters. The van der Waals surface area contributed by atoms with Crippen LogP contribution in [0, 0.1) is 0 Å². The fourth-order valence-corrected chi connectivity index (χ4v) is 2.41. The Kier molecular flexibility index (Phi) is 4.51. The summed E-state index contributed by atoms with van der Waals surface area (Å²) in [6, 6.07) is 4.40. The lowest BCUT2D eigenvalue weighted by Gasteiger charge is -2.14. The van der Waals surface area contributed by atoms with Crippen molar-refractivity contribution in [2.75, 3.05) is 5.75 Å². The highest BCUT2D eigenvalue weighted by molar-refractivity contribution is 7.91. The van der Waals surface area contributed by atoms with Gasteiger partial charge in [-0.05, 0) is 39.0 Å². The van der Waals surface area contributed by atoms with Crippen molar-refractivity contribution in [1.82, 2.24) is 0 Å². The third kappa shape index (κ3) is 3.32. The Balaban J connectivity index is 3.32. The van der Waals surface area contributed by atoms with E-state index in [0.717, 1.165) is 0 Å². The second-order valence-corrected chi connectivity index (χ2v) is 6.56. The van der Waals surface area contributed by atoms with Crippen molar-refractivity contribution in [1.29, 1.82) is 0 Å². The van der Waals surface area contributed by atoms with Gasteiger partial charge in [0, 0.05) is 0 Å². The highest BCUT2D eigenvalue weighted by Gasteiger charge is 2.17. The molecule has 0 heterocycles. The zero-order valence-corrected chi connectivity index (χ0v) is 11.9. The van der Waals surface area contributed by atoms with Crippen molar-refractivity contribution in [3.63, 3.8) is 0 Å². The zero-order valence-electron chi connectivity index (χ0n) is 11.1. The molecule has 0 aliphatic rings. The first-order valence-corrected chi connectivity index (χ1v) is 7.47. The molecular weight excluding hydrogens is 252 g/mol. The molecule has 0 saturated carbocycles. The van der Waals surface area contributed by atoms with Gasteiger partial charge in [0.15, 0.2) is 15.6 Å². The first-order valence-electron chi connectivity index (χ1n) is 5.82. The molecule has 0 N–H and O–H groups in total. The summed E-state index contributed by atoms with van der Waals surface area (Å²) in [6.45, 7) is 6.66. The van der Waals surface area contributed by atoms with E-state index in [1.807, 2.05) is 13.8 Å². The molecular formula is C13H18O4S. The van der Waals surface area contributed by atoms with E-state index in [4.69, 9.17) is 4.74 Å². The molecule has 0 aromatic heterocycles. The maximum atomic E-state index is 11.8. The van der Waals surface area contributed by atoms with Gasteiger partial charge in [0.2, 0.25) is 0 Å². The summed E-state index contributed by atoms with van der Waals surface area (Å²) in [4.78, 5) is 11.7. The van der Waals surface area contributed by atoms with E-state index in [1.165, 1.54) is 19.1 Å². The lowest BCUT2D eigenvalue weighted by Crippen LogP contribution is -2.11. The highest BCUT2D eigenvalue weighted by atomic mass is 32.2. The van der Waals surface area contributed by atoms with Gasteiger partial charge in [-0.15, -0.1) is 0 Å². The van der Waals surface area contributed by atoms with Crippen LogP contribution in [0.5, 0.6) is 5.75 Å². The number of Topliss-reactive ketones (excluding diaryl/α,β-unsaturated/α-hetero) is 1. The van der Waals surface area contributed by atoms with Crippen LogP contribution in [0.2, 0.25) is 0 Å². The Morgan fingerprint density at radius 2 is 1.94 bits per heavy atom. The second kappa shape index (κ2) is 5.52. The van der Waals surface area contributed by atoms with Gasteiger partial charge in [0.05, 0.1) is 22.3 Å². The molecule has 5 heteroatoms. The van der Waals surface area contributed by atoms with E-state index in [2.05, 4.69) is 0 Å². The molecule has 0 radical (unpaired) electrons. The molecule has 0 amide bonds. The molecule has 0 spiro atoms. The maximum Gasteiger partial charge on any atom is 0.178 e. The molecule has 100 valence electrons. The lowest BCUT2D eigenvalue weighted by atomic mass is 10.1. The second-order valence-electron chi connectivity index (χ2n) is 4.28. The smallest absolute Gasteiger partial charge is 0.178 e. The van der Waals surface area contributed by atoms with E-state index in [9.17, 15) is 13.2 Å². The van der Waals surface area contributed by atoms with Crippen molar-refractivity contribution in [2.24, 2.45) is 0 Å². The van der Waals surface area contributed by atoms with E-state index < -0.39 is 9.84 Å². The molecule has 0 fully saturated rings. The van der Waals surface area contributed by atoms with Crippen LogP contribution in [0.15, 0.2) is 23.1 Å². The minimum absolute atomic E-state index is 0.00866. The normalized spacial score (nSPS) is 11.6. The van der Waals surface area contributed by atoms with Crippen molar-refractivity contribution >= 4 is 15.6 Å². The summed E-state index contributed by atoms with van der Waals surface area (Å²) in [5.41, 5.74) is 0.304. The zero-order chi connectivity index (χ0) is 13.9. The van der Waals surface area contributed by atoms with Crippen molar-refractivity contribution in [3.8, 4) is 5.75 Å². The third-order valence-electron chi connectivity index (χ3n) is 2.43. The monoisotopic (exact) mass is 270 g/mol. The minimum Gasteiger partial charge on any atom is -0.490 e. The number of ketones is 1. The number of rotatable bonds is 5. The maximum absolute atomic E-state index is 11.8. The van der Waals surface area contributed by atoms with Crippen LogP contribution in [0.25, 0.3) is 0 Å².